The molecule has 0 radical (unpaired) electrons. The standard InChI is InChI=1S/C12H13F3N2O3/c1-11(18)5-7(6-11)16-10-8(12(13,14)15)3-2-4-9(10)17(19)20/h2-4,7,16,18H,5-6H2,1H3. The average Bonchev–Trinajstić information content (AvgIpc) is 2.24. The first-order valence-electron chi connectivity index (χ1n) is 5.94. The molecule has 1 aliphatic carbocycles. The molecule has 2 rings (SSSR count). The molecule has 20 heavy (non-hydrogen) atoms. The minimum absolute atomic E-state index is 0.246. The summed E-state index contributed by atoms with van der Waals surface area (Å²) >= 11 is 0. The molecule has 0 spiro atoms. The van der Waals surface area contributed by atoms with Crippen LogP contribution in [-0.2, 0) is 6.18 Å². The summed E-state index contributed by atoms with van der Waals surface area (Å²) in [5, 5.41) is 23.0. The number of rotatable bonds is 3. The molecule has 0 amide bonds. The van der Waals surface area contributed by atoms with Gasteiger partial charge in [-0.3, -0.25) is 10.1 Å². The fraction of sp³-hybridized carbons (Fsp3) is 0.500. The Labute approximate surface area is 112 Å². The van der Waals surface area contributed by atoms with Gasteiger partial charge in [0.2, 0.25) is 0 Å². The molecule has 1 aromatic carbocycles. The summed E-state index contributed by atoms with van der Waals surface area (Å²) in [5.74, 6) is 0. The zero-order valence-corrected chi connectivity index (χ0v) is 10.6. The summed E-state index contributed by atoms with van der Waals surface area (Å²) in [6.45, 7) is 1.56. The summed E-state index contributed by atoms with van der Waals surface area (Å²) in [5.41, 5.74) is -3.16. The SMILES string of the molecule is CC1(O)CC(Nc2c([N+](=O)[O-])cccc2C(F)(F)F)C1. The second kappa shape index (κ2) is 4.62. The Hall–Kier alpha value is -1.83. The molecule has 0 aromatic heterocycles. The smallest absolute Gasteiger partial charge is 0.390 e. The van der Waals surface area contributed by atoms with Crippen LogP contribution in [-0.4, -0.2) is 21.7 Å². The molecule has 0 unspecified atom stereocenters. The van der Waals surface area contributed by atoms with Crippen LogP contribution in [0.15, 0.2) is 18.2 Å². The molecule has 110 valence electrons. The molecule has 0 aliphatic heterocycles. The van der Waals surface area contributed by atoms with Crippen molar-refractivity contribution in [2.45, 2.75) is 37.6 Å². The van der Waals surface area contributed by atoms with Gasteiger partial charge in [-0.25, -0.2) is 0 Å². The number of anilines is 1. The van der Waals surface area contributed by atoms with Gasteiger partial charge in [0.15, 0.2) is 0 Å². The molecule has 0 bridgehead atoms. The lowest BCUT2D eigenvalue weighted by atomic mass is 9.77. The maximum Gasteiger partial charge on any atom is 0.418 e. The van der Waals surface area contributed by atoms with Gasteiger partial charge in [-0.15, -0.1) is 0 Å². The number of nitro benzene ring substituents is 1. The number of alkyl halides is 3. The predicted molar refractivity (Wildman–Crippen MR) is 65.4 cm³/mol. The van der Waals surface area contributed by atoms with Crippen molar-refractivity contribution in [3.8, 4) is 0 Å². The Bertz CT molecular complexity index is 535. The maximum atomic E-state index is 12.9. The average molecular weight is 290 g/mol. The summed E-state index contributed by atoms with van der Waals surface area (Å²) in [6.07, 6.45) is -4.19. The van der Waals surface area contributed by atoms with Gasteiger partial charge in [0.1, 0.15) is 5.69 Å². The number of benzene rings is 1. The molecule has 0 saturated heterocycles. The van der Waals surface area contributed by atoms with E-state index in [1.165, 1.54) is 0 Å². The highest BCUT2D eigenvalue weighted by atomic mass is 19.4. The number of nitrogens with one attached hydrogen (secondary N) is 1. The lowest BCUT2D eigenvalue weighted by Crippen LogP contribution is -2.48. The van der Waals surface area contributed by atoms with E-state index in [0.29, 0.717) is 0 Å². The van der Waals surface area contributed by atoms with Gasteiger partial charge in [0, 0.05) is 12.1 Å². The van der Waals surface area contributed by atoms with Crippen LogP contribution in [0.1, 0.15) is 25.3 Å². The second-order valence-electron chi connectivity index (χ2n) is 5.20. The first-order chi connectivity index (χ1) is 9.10. The van der Waals surface area contributed by atoms with E-state index in [1.807, 2.05) is 0 Å². The Morgan fingerprint density at radius 3 is 2.50 bits per heavy atom. The molecule has 1 aliphatic rings. The van der Waals surface area contributed by atoms with Crippen LogP contribution in [0.2, 0.25) is 0 Å². The summed E-state index contributed by atoms with van der Waals surface area (Å²) in [6, 6.07) is 2.41. The van der Waals surface area contributed by atoms with Crippen molar-refractivity contribution in [1.82, 2.24) is 0 Å². The minimum atomic E-state index is -4.68. The number of hydrogen-bond donors (Lipinski definition) is 2. The van der Waals surface area contributed by atoms with E-state index >= 15 is 0 Å². The molecule has 2 N–H and O–H groups in total. The highest BCUT2D eigenvalue weighted by molar-refractivity contribution is 5.68. The van der Waals surface area contributed by atoms with Crippen LogP contribution >= 0.6 is 0 Å². The van der Waals surface area contributed by atoms with Gasteiger partial charge >= 0.3 is 6.18 Å². The van der Waals surface area contributed by atoms with E-state index in [-0.39, 0.29) is 12.8 Å². The zero-order valence-electron chi connectivity index (χ0n) is 10.6. The predicted octanol–water partition coefficient (Wildman–Crippen LogP) is 2.94. The van der Waals surface area contributed by atoms with Gasteiger partial charge in [-0.2, -0.15) is 13.2 Å². The topological polar surface area (TPSA) is 75.4 Å². The van der Waals surface area contributed by atoms with Crippen LogP contribution in [0.25, 0.3) is 0 Å². The number of halogens is 3. The van der Waals surface area contributed by atoms with Gasteiger partial charge in [0.25, 0.3) is 5.69 Å². The first-order valence-corrected chi connectivity index (χ1v) is 5.94. The van der Waals surface area contributed by atoms with Gasteiger partial charge in [-0.05, 0) is 25.8 Å². The fourth-order valence-corrected chi connectivity index (χ4v) is 2.39. The zero-order chi connectivity index (χ0) is 15.1. The van der Waals surface area contributed by atoms with Crippen LogP contribution in [0.3, 0.4) is 0 Å². The molecule has 8 heteroatoms. The highest BCUT2D eigenvalue weighted by Gasteiger charge is 2.42. The quantitative estimate of drug-likeness (QED) is 0.663. The van der Waals surface area contributed by atoms with Crippen molar-refractivity contribution < 1.29 is 23.2 Å². The molecule has 0 atom stereocenters. The third-order valence-corrected chi connectivity index (χ3v) is 3.27. The maximum absolute atomic E-state index is 12.9. The lowest BCUT2D eigenvalue weighted by Gasteiger charge is -2.41. The Balaban J connectivity index is 2.35. The first kappa shape index (κ1) is 14.6. The van der Waals surface area contributed by atoms with E-state index in [4.69, 9.17) is 0 Å². The van der Waals surface area contributed by atoms with Crippen LogP contribution in [0.5, 0.6) is 0 Å². The molecule has 1 aromatic rings. The van der Waals surface area contributed by atoms with E-state index in [1.54, 1.807) is 6.92 Å². The van der Waals surface area contributed by atoms with Crippen LogP contribution in [0, 0.1) is 10.1 Å². The molecule has 1 saturated carbocycles. The molecular weight excluding hydrogens is 277 g/mol. The second-order valence-corrected chi connectivity index (χ2v) is 5.20. The van der Waals surface area contributed by atoms with Crippen molar-refractivity contribution in [3.05, 3.63) is 33.9 Å². The van der Waals surface area contributed by atoms with Gasteiger partial charge in [-0.1, -0.05) is 6.07 Å². The molecule has 1 fully saturated rings. The number of nitro groups is 1. The summed E-state index contributed by atoms with van der Waals surface area (Å²) in [7, 11) is 0. The molecular formula is C12H13F3N2O3. The summed E-state index contributed by atoms with van der Waals surface area (Å²) < 4.78 is 38.7. The van der Waals surface area contributed by atoms with E-state index in [0.717, 1.165) is 18.2 Å². The number of nitrogens with zero attached hydrogens (tertiary/aromatic N) is 1. The Morgan fingerprint density at radius 1 is 1.45 bits per heavy atom. The fourth-order valence-electron chi connectivity index (χ4n) is 2.39. The normalized spacial score (nSPS) is 25.9. The largest absolute Gasteiger partial charge is 0.418 e. The third kappa shape index (κ3) is 2.84. The third-order valence-electron chi connectivity index (χ3n) is 3.27. The van der Waals surface area contributed by atoms with E-state index in [9.17, 15) is 28.4 Å². The van der Waals surface area contributed by atoms with Crippen LogP contribution in [0.4, 0.5) is 24.5 Å². The molecule has 0 heterocycles. The Kier molecular flexibility index (Phi) is 3.37. The number of aliphatic hydroxyl groups is 1. The number of hydrogen-bond acceptors (Lipinski definition) is 4. The monoisotopic (exact) mass is 290 g/mol. The van der Waals surface area contributed by atoms with E-state index < -0.39 is 39.7 Å². The minimum Gasteiger partial charge on any atom is -0.390 e. The van der Waals surface area contributed by atoms with Crippen molar-refractivity contribution in [2.75, 3.05) is 5.32 Å². The van der Waals surface area contributed by atoms with Crippen LogP contribution < -0.4 is 5.32 Å². The van der Waals surface area contributed by atoms with Crippen molar-refractivity contribution >= 4 is 11.4 Å². The molecule has 5 nitrogen and oxygen atoms in total. The summed E-state index contributed by atoms with van der Waals surface area (Å²) in [4.78, 5) is 10.0. The van der Waals surface area contributed by atoms with Crippen molar-refractivity contribution in [3.63, 3.8) is 0 Å². The van der Waals surface area contributed by atoms with E-state index in [2.05, 4.69) is 5.32 Å². The van der Waals surface area contributed by atoms with Crippen molar-refractivity contribution in [2.24, 2.45) is 0 Å². The lowest BCUT2D eigenvalue weighted by molar-refractivity contribution is -0.384. The van der Waals surface area contributed by atoms with Gasteiger partial charge < -0.3 is 10.4 Å². The number of para-hydroxylation sites is 1. The van der Waals surface area contributed by atoms with Gasteiger partial charge in [0.05, 0.1) is 16.1 Å². The highest BCUT2D eigenvalue weighted by Crippen LogP contribution is 2.42. The Morgan fingerprint density at radius 2 is 2.05 bits per heavy atom. The van der Waals surface area contributed by atoms with Crippen molar-refractivity contribution in [1.29, 1.82) is 0 Å².